The van der Waals surface area contributed by atoms with Crippen LogP contribution in [0.2, 0.25) is 0 Å². The maximum absolute atomic E-state index is 13.3. The molecule has 1 fully saturated rings. The molecule has 0 heterocycles. The Hall–Kier alpha value is -2.62. The topological polar surface area (TPSA) is 60.4 Å². The van der Waals surface area contributed by atoms with E-state index >= 15 is 0 Å². The van der Waals surface area contributed by atoms with Crippen molar-refractivity contribution in [2.45, 2.75) is 38.8 Å². The second kappa shape index (κ2) is 8.65. The van der Waals surface area contributed by atoms with Crippen molar-refractivity contribution in [1.82, 2.24) is 4.90 Å². The third kappa shape index (κ3) is 4.51. The van der Waals surface area contributed by atoms with Crippen LogP contribution in [0.25, 0.3) is 0 Å². The Balaban J connectivity index is 1.83. The summed E-state index contributed by atoms with van der Waals surface area (Å²) in [6.07, 6.45) is 2.89. The van der Waals surface area contributed by atoms with Crippen LogP contribution in [0.1, 0.15) is 36.8 Å². The lowest BCUT2D eigenvalue weighted by atomic mass is 9.78. The summed E-state index contributed by atoms with van der Waals surface area (Å²) in [5.41, 5.74) is 2.08. The van der Waals surface area contributed by atoms with Gasteiger partial charge in [0.1, 0.15) is 0 Å². The third-order valence-corrected chi connectivity index (χ3v) is 5.13. The minimum atomic E-state index is -1.09. The van der Waals surface area contributed by atoms with Crippen molar-refractivity contribution in [2.24, 2.45) is 11.8 Å². The summed E-state index contributed by atoms with van der Waals surface area (Å²) >= 11 is 0. The van der Waals surface area contributed by atoms with Crippen LogP contribution in [0.3, 0.4) is 0 Å². The van der Waals surface area contributed by atoms with Crippen molar-refractivity contribution in [2.75, 3.05) is 0 Å². The van der Waals surface area contributed by atoms with E-state index in [0.717, 1.165) is 24.0 Å². The molecule has 0 aliphatic heterocycles. The summed E-state index contributed by atoms with van der Waals surface area (Å²) in [6.45, 7) is 0.954. The highest BCUT2D eigenvalue weighted by molar-refractivity contribution is 5.84. The fourth-order valence-electron chi connectivity index (χ4n) is 3.76. The van der Waals surface area contributed by atoms with Crippen LogP contribution in [0.4, 0.5) is 0 Å². The summed E-state index contributed by atoms with van der Waals surface area (Å²) in [7, 11) is 0. The van der Waals surface area contributed by atoms with Crippen molar-refractivity contribution < 1.29 is 14.7 Å². The number of aliphatic carboxylic acids is 1. The van der Waals surface area contributed by atoms with Gasteiger partial charge >= 0.3 is 0 Å². The van der Waals surface area contributed by atoms with Crippen molar-refractivity contribution in [3.63, 3.8) is 0 Å². The maximum atomic E-state index is 13.3. The Kier molecular flexibility index (Phi) is 6.05. The summed E-state index contributed by atoms with van der Waals surface area (Å²) in [6, 6.07) is 19.6. The van der Waals surface area contributed by atoms with Crippen LogP contribution in [-0.2, 0) is 22.7 Å². The van der Waals surface area contributed by atoms with Gasteiger partial charge < -0.3 is 14.8 Å². The van der Waals surface area contributed by atoms with Crippen LogP contribution in [-0.4, -0.2) is 16.8 Å². The Bertz CT molecular complexity index is 688. The SMILES string of the molecule is O=C([O-])[C@@H]1CCCC[C@H]1C(=O)N(Cc1ccccc1)Cc1ccccc1. The zero-order valence-corrected chi connectivity index (χ0v) is 14.8. The number of carboxylic acids is 1. The Labute approximate surface area is 154 Å². The number of amides is 1. The number of hydrogen-bond donors (Lipinski definition) is 0. The normalized spacial score (nSPS) is 19.7. The zero-order valence-electron chi connectivity index (χ0n) is 14.8. The maximum Gasteiger partial charge on any atom is 0.226 e. The molecule has 0 saturated heterocycles. The molecule has 0 N–H and O–H groups in total. The highest BCUT2D eigenvalue weighted by Gasteiger charge is 2.34. The first-order valence-electron chi connectivity index (χ1n) is 9.22. The Morgan fingerprint density at radius 3 is 1.73 bits per heavy atom. The number of hydrogen-bond acceptors (Lipinski definition) is 3. The molecule has 1 amide bonds. The molecule has 0 spiro atoms. The monoisotopic (exact) mass is 350 g/mol. The van der Waals surface area contributed by atoms with Crippen molar-refractivity contribution >= 4 is 11.9 Å². The second-order valence-electron chi connectivity index (χ2n) is 6.98. The van der Waals surface area contributed by atoms with Crippen LogP contribution >= 0.6 is 0 Å². The van der Waals surface area contributed by atoms with Gasteiger partial charge in [0.15, 0.2) is 0 Å². The van der Waals surface area contributed by atoms with E-state index in [0.29, 0.717) is 25.9 Å². The van der Waals surface area contributed by atoms with Gasteiger partial charge in [-0.3, -0.25) is 4.79 Å². The number of carboxylic acid groups (broad SMARTS) is 1. The van der Waals surface area contributed by atoms with E-state index in [1.54, 1.807) is 4.90 Å². The fraction of sp³-hybridized carbons (Fsp3) is 0.364. The predicted octanol–water partition coefficient (Wildman–Crippen LogP) is 2.77. The summed E-state index contributed by atoms with van der Waals surface area (Å²) in [5.74, 6) is -2.33. The average Bonchev–Trinajstić information content (AvgIpc) is 2.68. The number of rotatable bonds is 6. The standard InChI is InChI=1S/C22H25NO3/c24-21(19-13-7-8-14-20(19)22(25)26)23(15-17-9-3-1-4-10-17)16-18-11-5-2-6-12-18/h1-6,9-12,19-20H,7-8,13-16H2,(H,25,26)/p-1/t19-,20-/m1/s1. The predicted molar refractivity (Wildman–Crippen MR) is 97.6 cm³/mol. The Morgan fingerprint density at radius 1 is 0.808 bits per heavy atom. The first-order valence-corrected chi connectivity index (χ1v) is 9.22. The lowest BCUT2D eigenvalue weighted by Crippen LogP contribution is -2.45. The zero-order chi connectivity index (χ0) is 18.4. The van der Waals surface area contributed by atoms with Crippen molar-refractivity contribution in [3.8, 4) is 0 Å². The molecule has 4 heteroatoms. The molecule has 1 saturated carbocycles. The largest absolute Gasteiger partial charge is 0.550 e. The summed E-state index contributed by atoms with van der Waals surface area (Å²) in [4.78, 5) is 26.6. The molecule has 4 nitrogen and oxygen atoms in total. The molecule has 2 atom stereocenters. The van der Waals surface area contributed by atoms with Crippen LogP contribution < -0.4 is 5.11 Å². The highest BCUT2D eigenvalue weighted by Crippen LogP contribution is 2.32. The van der Waals surface area contributed by atoms with Crippen molar-refractivity contribution in [3.05, 3.63) is 71.8 Å². The molecule has 0 aromatic heterocycles. The van der Waals surface area contributed by atoms with Gasteiger partial charge in [0.25, 0.3) is 0 Å². The lowest BCUT2D eigenvalue weighted by molar-refractivity contribution is -0.314. The molecule has 0 radical (unpaired) electrons. The van der Waals surface area contributed by atoms with E-state index in [2.05, 4.69) is 0 Å². The van der Waals surface area contributed by atoms with Gasteiger partial charge in [-0.05, 0) is 24.0 Å². The second-order valence-corrected chi connectivity index (χ2v) is 6.98. The molecular formula is C22H24NO3-. The first-order chi connectivity index (χ1) is 12.6. The molecule has 3 rings (SSSR count). The minimum absolute atomic E-state index is 0.0772. The first kappa shape index (κ1) is 18.2. The Morgan fingerprint density at radius 2 is 1.27 bits per heavy atom. The lowest BCUT2D eigenvalue weighted by Gasteiger charge is -2.35. The highest BCUT2D eigenvalue weighted by atomic mass is 16.4. The molecule has 1 aliphatic carbocycles. The molecule has 1 aliphatic rings. The van der Waals surface area contributed by atoms with E-state index in [1.807, 2.05) is 60.7 Å². The van der Waals surface area contributed by atoms with Gasteiger partial charge in [-0.1, -0.05) is 73.5 Å². The molecule has 2 aromatic carbocycles. The van der Waals surface area contributed by atoms with Crippen LogP contribution in [0.15, 0.2) is 60.7 Å². The molecular weight excluding hydrogens is 326 g/mol. The van der Waals surface area contributed by atoms with Gasteiger partial charge in [-0.25, -0.2) is 0 Å². The third-order valence-electron chi connectivity index (χ3n) is 5.13. The fourth-order valence-corrected chi connectivity index (χ4v) is 3.76. The van der Waals surface area contributed by atoms with Crippen molar-refractivity contribution in [1.29, 1.82) is 0 Å². The van der Waals surface area contributed by atoms with E-state index in [4.69, 9.17) is 0 Å². The van der Waals surface area contributed by atoms with Gasteiger partial charge in [-0.15, -0.1) is 0 Å². The number of benzene rings is 2. The van der Waals surface area contributed by atoms with E-state index in [-0.39, 0.29) is 5.91 Å². The molecule has 2 aromatic rings. The van der Waals surface area contributed by atoms with E-state index in [9.17, 15) is 14.7 Å². The van der Waals surface area contributed by atoms with E-state index < -0.39 is 17.8 Å². The minimum Gasteiger partial charge on any atom is -0.550 e. The van der Waals surface area contributed by atoms with Gasteiger partial charge in [-0.2, -0.15) is 0 Å². The molecule has 136 valence electrons. The average molecular weight is 350 g/mol. The summed E-state index contributed by atoms with van der Waals surface area (Å²) in [5, 5.41) is 11.5. The number of nitrogens with zero attached hydrogens (tertiary/aromatic N) is 1. The van der Waals surface area contributed by atoms with Crippen LogP contribution in [0, 0.1) is 11.8 Å². The molecule has 0 bridgehead atoms. The quantitative estimate of drug-likeness (QED) is 0.805. The smallest absolute Gasteiger partial charge is 0.226 e. The molecule has 0 unspecified atom stereocenters. The number of carbonyl (C=O) groups is 2. The number of carbonyl (C=O) groups excluding carboxylic acids is 2. The van der Waals surface area contributed by atoms with Gasteiger partial charge in [0.05, 0.1) is 0 Å². The summed E-state index contributed by atoms with van der Waals surface area (Å²) < 4.78 is 0. The van der Waals surface area contributed by atoms with Gasteiger partial charge in [0, 0.05) is 30.9 Å². The van der Waals surface area contributed by atoms with Crippen LogP contribution in [0.5, 0.6) is 0 Å². The van der Waals surface area contributed by atoms with Gasteiger partial charge in [0.2, 0.25) is 5.91 Å². The molecule has 26 heavy (non-hydrogen) atoms. The van der Waals surface area contributed by atoms with E-state index in [1.165, 1.54) is 0 Å².